The molecule has 0 radical (unpaired) electrons. The Balaban J connectivity index is 1.60. The summed E-state index contributed by atoms with van der Waals surface area (Å²) in [4.78, 5) is 0. The highest BCUT2D eigenvalue weighted by Crippen LogP contribution is 2.38. The van der Waals surface area contributed by atoms with Crippen LogP contribution in [0.15, 0.2) is 36.4 Å². The third kappa shape index (κ3) is 5.09. The van der Waals surface area contributed by atoms with Crippen LogP contribution in [0.25, 0.3) is 10.8 Å². The predicted molar refractivity (Wildman–Crippen MR) is 111 cm³/mol. The maximum atomic E-state index is 2.47. The van der Waals surface area contributed by atoms with E-state index in [1.807, 2.05) is 0 Å². The molecule has 0 spiro atoms. The van der Waals surface area contributed by atoms with Crippen LogP contribution in [0.1, 0.15) is 95.1 Å². The maximum Gasteiger partial charge on any atom is -0.0162 e. The largest absolute Gasteiger partial charge is 0.0654 e. The van der Waals surface area contributed by atoms with E-state index in [1.54, 1.807) is 5.56 Å². The summed E-state index contributed by atoms with van der Waals surface area (Å²) < 4.78 is 0. The number of hydrogen-bond acceptors (Lipinski definition) is 0. The van der Waals surface area contributed by atoms with Gasteiger partial charge in [0, 0.05) is 0 Å². The van der Waals surface area contributed by atoms with Gasteiger partial charge in [-0.3, -0.25) is 0 Å². The second kappa shape index (κ2) is 9.41. The molecule has 0 aliphatic heterocycles. The van der Waals surface area contributed by atoms with Gasteiger partial charge in [-0.15, -0.1) is 0 Å². The van der Waals surface area contributed by atoms with E-state index in [0.717, 1.165) is 11.8 Å². The number of benzene rings is 2. The van der Waals surface area contributed by atoms with Crippen molar-refractivity contribution < 1.29 is 0 Å². The van der Waals surface area contributed by atoms with E-state index in [-0.39, 0.29) is 0 Å². The highest BCUT2D eigenvalue weighted by molar-refractivity contribution is 5.84. The normalized spacial score (nSPS) is 20.9. The highest BCUT2D eigenvalue weighted by atomic mass is 14.3. The summed E-state index contributed by atoms with van der Waals surface area (Å²) in [6.07, 6.45) is 15.2. The van der Waals surface area contributed by atoms with E-state index in [1.165, 1.54) is 87.0 Å². The lowest BCUT2D eigenvalue weighted by Crippen LogP contribution is -2.13. The minimum Gasteiger partial charge on any atom is -0.0654 e. The Labute approximate surface area is 155 Å². The monoisotopic (exact) mass is 336 g/mol. The first-order chi connectivity index (χ1) is 12.3. The first-order valence-electron chi connectivity index (χ1n) is 10.8. The maximum absolute atomic E-state index is 2.47. The zero-order chi connectivity index (χ0) is 17.5. The Morgan fingerprint density at radius 1 is 0.760 bits per heavy atom. The molecule has 1 aliphatic carbocycles. The van der Waals surface area contributed by atoms with Crippen molar-refractivity contribution in [2.45, 2.75) is 90.4 Å². The van der Waals surface area contributed by atoms with Crippen molar-refractivity contribution in [2.75, 3.05) is 0 Å². The fourth-order valence-electron chi connectivity index (χ4n) is 4.57. The van der Waals surface area contributed by atoms with Gasteiger partial charge in [0.05, 0.1) is 0 Å². The van der Waals surface area contributed by atoms with E-state index in [9.17, 15) is 0 Å². The Kier molecular flexibility index (Phi) is 6.96. The Hall–Kier alpha value is -1.30. The molecule has 0 unspecified atom stereocenters. The van der Waals surface area contributed by atoms with Crippen LogP contribution in [0.3, 0.4) is 0 Å². The molecule has 0 saturated heterocycles. The van der Waals surface area contributed by atoms with Gasteiger partial charge in [-0.1, -0.05) is 82.3 Å². The van der Waals surface area contributed by atoms with Crippen molar-refractivity contribution in [3.05, 3.63) is 47.5 Å². The molecule has 0 heterocycles. The van der Waals surface area contributed by atoms with Gasteiger partial charge >= 0.3 is 0 Å². The fourth-order valence-corrected chi connectivity index (χ4v) is 4.57. The summed E-state index contributed by atoms with van der Waals surface area (Å²) in [7, 11) is 0. The van der Waals surface area contributed by atoms with Gasteiger partial charge < -0.3 is 0 Å². The molecule has 3 rings (SSSR count). The first-order valence-corrected chi connectivity index (χ1v) is 10.8. The van der Waals surface area contributed by atoms with Crippen LogP contribution in [0, 0.1) is 5.92 Å². The number of rotatable bonds is 8. The van der Waals surface area contributed by atoms with Crippen molar-refractivity contribution in [2.24, 2.45) is 5.92 Å². The van der Waals surface area contributed by atoms with E-state index in [2.05, 4.69) is 50.2 Å². The molecule has 0 aromatic heterocycles. The van der Waals surface area contributed by atoms with Crippen molar-refractivity contribution in [3.63, 3.8) is 0 Å². The lowest BCUT2D eigenvalue weighted by molar-refractivity contribution is 0.303. The van der Waals surface area contributed by atoms with E-state index < -0.39 is 0 Å². The quantitative estimate of drug-likeness (QED) is 0.428. The molecule has 136 valence electrons. The molecular weight excluding hydrogens is 300 g/mol. The average molecular weight is 337 g/mol. The topological polar surface area (TPSA) is 0 Å². The van der Waals surface area contributed by atoms with Crippen LogP contribution in [0.4, 0.5) is 0 Å². The third-order valence-corrected chi connectivity index (χ3v) is 6.28. The summed E-state index contributed by atoms with van der Waals surface area (Å²) in [5, 5.41) is 2.86. The standard InChI is InChI=1S/C25H36/c1-3-5-7-9-20-10-13-22(14-11-20)24-17-16-23-18-21(8-6-4-2)12-15-25(23)19-24/h12,15-20,22H,3-11,13-14H2,1-2H3. The van der Waals surface area contributed by atoms with E-state index in [0.29, 0.717) is 0 Å². The molecule has 2 aromatic rings. The summed E-state index contributed by atoms with van der Waals surface area (Å²) in [6, 6.07) is 14.3. The summed E-state index contributed by atoms with van der Waals surface area (Å²) in [5.74, 6) is 1.80. The number of fused-ring (bicyclic) bond motifs is 1. The Bertz CT molecular complexity index is 646. The van der Waals surface area contributed by atoms with Gasteiger partial charge in [0.2, 0.25) is 0 Å². The SMILES string of the molecule is CCCCCC1CCC(c2ccc3cc(CCCC)ccc3c2)CC1. The van der Waals surface area contributed by atoms with Gasteiger partial charge in [0.25, 0.3) is 0 Å². The van der Waals surface area contributed by atoms with Gasteiger partial charge in [-0.2, -0.15) is 0 Å². The molecule has 0 nitrogen and oxygen atoms in total. The minimum atomic E-state index is 0.798. The van der Waals surface area contributed by atoms with Crippen LogP contribution in [-0.4, -0.2) is 0 Å². The Morgan fingerprint density at radius 2 is 1.48 bits per heavy atom. The van der Waals surface area contributed by atoms with Gasteiger partial charge in [0.15, 0.2) is 0 Å². The molecule has 1 aliphatic rings. The highest BCUT2D eigenvalue weighted by Gasteiger charge is 2.22. The molecule has 0 heteroatoms. The van der Waals surface area contributed by atoms with Crippen molar-refractivity contribution in [1.82, 2.24) is 0 Å². The third-order valence-electron chi connectivity index (χ3n) is 6.28. The molecule has 2 aromatic carbocycles. The predicted octanol–water partition coefficient (Wildman–Crippen LogP) is 8.04. The average Bonchev–Trinajstić information content (AvgIpc) is 2.66. The molecule has 0 atom stereocenters. The van der Waals surface area contributed by atoms with Crippen LogP contribution < -0.4 is 0 Å². The smallest absolute Gasteiger partial charge is 0.0162 e. The van der Waals surface area contributed by atoms with Crippen LogP contribution in [0.2, 0.25) is 0 Å². The van der Waals surface area contributed by atoms with E-state index >= 15 is 0 Å². The van der Waals surface area contributed by atoms with E-state index in [4.69, 9.17) is 0 Å². The first kappa shape index (κ1) is 18.5. The molecule has 0 bridgehead atoms. The van der Waals surface area contributed by atoms with Crippen molar-refractivity contribution >= 4 is 10.8 Å². The van der Waals surface area contributed by atoms with Gasteiger partial charge in [-0.05, 0) is 72.3 Å². The molecule has 1 saturated carbocycles. The fraction of sp³-hybridized carbons (Fsp3) is 0.600. The number of unbranched alkanes of at least 4 members (excludes halogenated alkanes) is 3. The molecule has 0 amide bonds. The lowest BCUT2D eigenvalue weighted by atomic mass is 9.77. The molecular formula is C25H36. The number of hydrogen-bond donors (Lipinski definition) is 0. The zero-order valence-corrected chi connectivity index (χ0v) is 16.4. The number of aryl methyl sites for hydroxylation is 1. The van der Waals surface area contributed by atoms with Crippen LogP contribution in [0.5, 0.6) is 0 Å². The Morgan fingerprint density at radius 3 is 2.24 bits per heavy atom. The van der Waals surface area contributed by atoms with Gasteiger partial charge in [0.1, 0.15) is 0 Å². The van der Waals surface area contributed by atoms with Crippen LogP contribution in [-0.2, 0) is 6.42 Å². The second-order valence-corrected chi connectivity index (χ2v) is 8.26. The summed E-state index contributed by atoms with van der Waals surface area (Å²) >= 11 is 0. The van der Waals surface area contributed by atoms with Crippen LogP contribution >= 0.6 is 0 Å². The summed E-state index contributed by atoms with van der Waals surface area (Å²) in [5.41, 5.74) is 3.08. The molecule has 25 heavy (non-hydrogen) atoms. The second-order valence-electron chi connectivity index (χ2n) is 8.26. The lowest BCUT2D eigenvalue weighted by Gasteiger charge is -2.29. The molecule has 0 N–H and O–H groups in total. The van der Waals surface area contributed by atoms with Crippen molar-refractivity contribution in [3.8, 4) is 0 Å². The van der Waals surface area contributed by atoms with Gasteiger partial charge in [-0.25, -0.2) is 0 Å². The minimum absolute atomic E-state index is 0.798. The zero-order valence-electron chi connectivity index (χ0n) is 16.4. The molecule has 1 fully saturated rings. The summed E-state index contributed by atoms with van der Waals surface area (Å²) in [6.45, 7) is 4.58. The van der Waals surface area contributed by atoms with Crippen molar-refractivity contribution in [1.29, 1.82) is 0 Å².